The average Bonchev–Trinajstić information content (AvgIpc) is 2.23. The van der Waals surface area contributed by atoms with Gasteiger partial charge in [-0.05, 0) is 28.9 Å². The minimum atomic E-state index is -0.977. The molecule has 1 aromatic carbocycles. The van der Waals surface area contributed by atoms with E-state index in [1.165, 1.54) is 6.07 Å². The number of amides is 1. The van der Waals surface area contributed by atoms with E-state index in [2.05, 4.69) is 21.2 Å². The largest absolute Gasteiger partial charge is 0.369 e. The Labute approximate surface area is 105 Å². The zero-order valence-electron chi connectivity index (χ0n) is 9.02. The minimum absolute atomic E-state index is 0.0421. The molecule has 1 aliphatic rings. The van der Waals surface area contributed by atoms with Gasteiger partial charge in [-0.25, -0.2) is 8.78 Å². The average molecular weight is 306 g/mol. The highest BCUT2D eigenvalue weighted by Gasteiger charge is 2.35. The summed E-state index contributed by atoms with van der Waals surface area (Å²) in [7, 11) is 0. The van der Waals surface area contributed by atoms with Crippen LogP contribution in [0.2, 0.25) is 0 Å². The standard InChI is InChI=1S/C11H10BrF2NO2/c1-11(5-17-4-10(16)15-11)6-2-7(12)9(14)3-8(6)13/h2-3H,4-5H2,1H3,(H,15,16)/t11-/m0/s1. The number of rotatable bonds is 1. The maximum Gasteiger partial charge on any atom is 0.246 e. The van der Waals surface area contributed by atoms with Crippen molar-refractivity contribution in [1.82, 2.24) is 5.32 Å². The molecular formula is C11H10BrF2NO2. The van der Waals surface area contributed by atoms with Crippen LogP contribution >= 0.6 is 15.9 Å². The molecule has 0 radical (unpaired) electrons. The molecule has 0 aromatic heterocycles. The van der Waals surface area contributed by atoms with Gasteiger partial charge in [-0.15, -0.1) is 0 Å². The Kier molecular flexibility index (Phi) is 3.18. The molecule has 3 nitrogen and oxygen atoms in total. The van der Waals surface area contributed by atoms with E-state index in [1.54, 1.807) is 6.92 Å². The molecular weight excluding hydrogens is 296 g/mol. The van der Waals surface area contributed by atoms with E-state index < -0.39 is 17.2 Å². The highest BCUT2D eigenvalue weighted by molar-refractivity contribution is 9.10. The Morgan fingerprint density at radius 1 is 1.41 bits per heavy atom. The van der Waals surface area contributed by atoms with Gasteiger partial charge in [-0.3, -0.25) is 4.79 Å². The molecule has 1 aromatic rings. The highest BCUT2D eigenvalue weighted by atomic mass is 79.9. The van der Waals surface area contributed by atoms with Gasteiger partial charge in [0.15, 0.2) is 0 Å². The molecule has 1 amide bonds. The molecule has 6 heteroatoms. The number of nitrogens with one attached hydrogen (secondary N) is 1. The van der Waals surface area contributed by atoms with E-state index in [9.17, 15) is 13.6 Å². The van der Waals surface area contributed by atoms with Crippen molar-refractivity contribution >= 4 is 21.8 Å². The number of carbonyl (C=O) groups excluding carboxylic acids is 1. The van der Waals surface area contributed by atoms with Crippen molar-refractivity contribution in [3.05, 3.63) is 33.8 Å². The molecule has 1 aliphatic heterocycles. The minimum Gasteiger partial charge on any atom is -0.369 e. The van der Waals surface area contributed by atoms with Gasteiger partial charge in [0.2, 0.25) is 5.91 Å². The Balaban J connectivity index is 2.45. The van der Waals surface area contributed by atoms with Crippen molar-refractivity contribution in [2.45, 2.75) is 12.5 Å². The Hall–Kier alpha value is -1.01. The maximum absolute atomic E-state index is 13.7. The van der Waals surface area contributed by atoms with Crippen LogP contribution in [0.4, 0.5) is 8.78 Å². The van der Waals surface area contributed by atoms with Crippen LogP contribution in [0.3, 0.4) is 0 Å². The molecule has 0 spiro atoms. The molecule has 1 N–H and O–H groups in total. The summed E-state index contributed by atoms with van der Waals surface area (Å²) in [5.41, 5.74) is -0.783. The number of morpholine rings is 1. The van der Waals surface area contributed by atoms with Crippen LogP contribution < -0.4 is 5.32 Å². The maximum atomic E-state index is 13.7. The first-order valence-corrected chi connectivity index (χ1v) is 5.75. The summed E-state index contributed by atoms with van der Waals surface area (Å²) in [5, 5.41) is 2.65. The zero-order valence-corrected chi connectivity index (χ0v) is 10.6. The molecule has 92 valence electrons. The number of ether oxygens (including phenoxy) is 1. The van der Waals surface area contributed by atoms with Crippen molar-refractivity contribution < 1.29 is 18.3 Å². The van der Waals surface area contributed by atoms with Gasteiger partial charge in [0.25, 0.3) is 0 Å². The number of benzene rings is 1. The molecule has 1 fully saturated rings. The van der Waals surface area contributed by atoms with Gasteiger partial charge in [0, 0.05) is 11.6 Å². The molecule has 1 heterocycles. The van der Waals surface area contributed by atoms with Crippen molar-refractivity contribution in [1.29, 1.82) is 0 Å². The lowest BCUT2D eigenvalue weighted by molar-refractivity contribution is -0.135. The topological polar surface area (TPSA) is 38.3 Å². The summed E-state index contributed by atoms with van der Waals surface area (Å²) in [6, 6.07) is 2.10. The van der Waals surface area contributed by atoms with Crippen molar-refractivity contribution in [2.24, 2.45) is 0 Å². The fraction of sp³-hybridized carbons (Fsp3) is 0.364. The number of carbonyl (C=O) groups is 1. The lowest BCUT2D eigenvalue weighted by Crippen LogP contribution is -2.53. The number of halogens is 3. The van der Waals surface area contributed by atoms with Crippen molar-refractivity contribution in [2.75, 3.05) is 13.2 Å². The van der Waals surface area contributed by atoms with Crippen LogP contribution in [0.15, 0.2) is 16.6 Å². The smallest absolute Gasteiger partial charge is 0.246 e. The van der Waals surface area contributed by atoms with E-state index in [0.717, 1.165) is 6.07 Å². The fourth-order valence-electron chi connectivity index (χ4n) is 1.82. The molecule has 0 aliphatic carbocycles. The number of hydrogen-bond donors (Lipinski definition) is 1. The van der Waals surface area contributed by atoms with Crippen molar-refractivity contribution in [3.8, 4) is 0 Å². The highest BCUT2D eigenvalue weighted by Crippen LogP contribution is 2.30. The molecule has 0 bridgehead atoms. The number of hydrogen-bond acceptors (Lipinski definition) is 2. The molecule has 1 atom stereocenters. The Morgan fingerprint density at radius 3 is 2.76 bits per heavy atom. The third-order valence-corrected chi connectivity index (χ3v) is 3.25. The van der Waals surface area contributed by atoms with Crippen LogP contribution in [0.5, 0.6) is 0 Å². The summed E-state index contributed by atoms with van der Waals surface area (Å²) in [5.74, 6) is -1.71. The van der Waals surface area contributed by atoms with Crippen LogP contribution in [0, 0.1) is 11.6 Å². The van der Waals surface area contributed by atoms with Crippen LogP contribution in [0.1, 0.15) is 12.5 Å². The molecule has 17 heavy (non-hydrogen) atoms. The third-order valence-electron chi connectivity index (χ3n) is 2.64. The van der Waals surface area contributed by atoms with Crippen LogP contribution in [-0.2, 0) is 15.1 Å². The predicted molar refractivity (Wildman–Crippen MR) is 60.4 cm³/mol. The molecule has 2 rings (SSSR count). The summed E-state index contributed by atoms with van der Waals surface area (Å²) < 4.78 is 32.1. The molecule has 0 unspecified atom stereocenters. The van der Waals surface area contributed by atoms with Crippen molar-refractivity contribution in [3.63, 3.8) is 0 Å². The van der Waals surface area contributed by atoms with Crippen LogP contribution in [-0.4, -0.2) is 19.1 Å². The SMILES string of the molecule is C[C@@]1(c2cc(Br)c(F)cc2F)COCC(=O)N1. The quantitative estimate of drug-likeness (QED) is 0.807. The molecule has 1 saturated heterocycles. The predicted octanol–water partition coefficient (Wildman–Crippen LogP) is 2.09. The summed E-state index contributed by atoms with van der Waals surface area (Å²) >= 11 is 2.99. The van der Waals surface area contributed by atoms with E-state index >= 15 is 0 Å². The second-order valence-electron chi connectivity index (χ2n) is 4.12. The van der Waals surface area contributed by atoms with E-state index in [1.807, 2.05) is 0 Å². The zero-order chi connectivity index (χ0) is 12.6. The van der Waals surface area contributed by atoms with Gasteiger partial charge < -0.3 is 10.1 Å². The Morgan fingerprint density at radius 2 is 2.12 bits per heavy atom. The molecule has 0 saturated carbocycles. The van der Waals surface area contributed by atoms with Gasteiger partial charge in [-0.2, -0.15) is 0 Å². The lowest BCUT2D eigenvalue weighted by atomic mass is 9.91. The van der Waals surface area contributed by atoms with E-state index in [-0.39, 0.29) is 29.2 Å². The summed E-state index contributed by atoms with van der Waals surface area (Å²) in [6.07, 6.45) is 0. The van der Waals surface area contributed by atoms with Crippen LogP contribution in [0.25, 0.3) is 0 Å². The fourth-order valence-corrected chi connectivity index (χ4v) is 2.16. The van der Waals surface area contributed by atoms with Gasteiger partial charge in [-0.1, -0.05) is 0 Å². The third kappa shape index (κ3) is 2.32. The van der Waals surface area contributed by atoms with Gasteiger partial charge in [0.1, 0.15) is 18.2 Å². The first kappa shape index (κ1) is 12.4. The van der Waals surface area contributed by atoms with Gasteiger partial charge >= 0.3 is 0 Å². The lowest BCUT2D eigenvalue weighted by Gasteiger charge is -2.35. The van der Waals surface area contributed by atoms with Gasteiger partial charge in [0.05, 0.1) is 16.6 Å². The second kappa shape index (κ2) is 4.34. The summed E-state index contributed by atoms with van der Waals surface area (Å²) in [6.45, 7) is 1.74. The van der Waals surface area contributed by atoms with E-state index in [4.69, 9.17) is 4.74 Å². The Bertz CT molecular complexity index is 481. The first-order chi connectivity index (χ1) is 7.92. The first-order valence-electron chi connectivity index (χ1n) is 4.96. The van der Waals surface area contributed by atoms with E-state index in [0.29, 0.717) is 0 Å². The normalized spacial score (nSPS) is 24.6. The summed E-state index contributed by atoms with van der Waals surface area (Å²) in [4.78, 5) is 11.3. The monoisotopic (exact) mass is 305 g/mol. The second-order valence-corrected chi connectivity index (χ2v) is 4.97.